The minimum absolute atomic E-state index is 0.125. The van der Waals surface area contributed by atoms with Gasteiger partial charge >= 0.3 is 0 Å². The number of hydrogen-bond donors (Lipinski definition) is 1. The van der Waals surface area contributed by atoms with Crippen molar-refractivity contribution in [3.05, 3.63) is 39.9 Å². The Morgan fingerprint density at radius 2 is 2.05 bits per heavy atom. The molecule has 0 aliphatic rings. The maximum absolute atomic E-state index is 11.9. The van der Waals surface area contributed by atoms with E-state index in [9.17, 15) is 23.6 Å². The summed E-state index contributed by atoms with van der Waals surface area (Å²) in [5.41, 5.74) is -0.0961. The zero-order valence-corrected chi connectivity index (χ0v) is 13.8. The van der Waals surface area contributed by atoms with Gasteiger partial charge in [-0.25, -0.2) is 8.42 Å². The molecule has 0 saturated heterocycles. The Balaban J connectivity index is 3.24. The Kier molecular flexibility index (Phi) is 5.10. The molecule has 19 heavy (non-hydrogen) atoms. The number of hydrogen-bond acceptors (Lipinski definition) is 5. The maximum atomic E-state index is 11.9. The first-order valence-electron chi connectivity index (χ1n) is 5.16. The highest BCUT2D eigenvalue weighted by Crippen LogP contribution is 2.45. The molecular formula is C10H11Br2NO5S. The molecule has 1 aromatic rings. The summed E-state index contributed by atoms with van der Waals surface area (Å²) in [5.74, 6) is -0.199. The molecule has 0 aliphatic heterocycles. The molecule has 0 amide bonds. The highest BCUT2D eigenvalue weighted by atomic mass is 79.9. The average molecular weight is 417 g/mol. The van der Waals surface area contributed by atoms with Gasteiger partial charge in [-0.2, -0.15) is 0 Å². The minimum Gasteiger partial charge on any atom is -0.385 e. The molecule has 0 aliphatic carbocycles. The summed E-state index contributed by atoms with van der Waals surface area (Å²) in [6, 6.07) is 5.19. The third kappa shape index (κ3) is 3.33. The van der Waals surface area contributed by atoms with Crippen molar-refractivity contribution in [2.24, 2.45) is 0 Å². The van der Waals surface area contributed by atoms with Gasteiger partial charge in [-0.1, -0.05) is 50.9 Å². The second-order valence-corrected chi connectivity index (χ2v) is 10.8. The largest absolute Gasteiger partial charge is 0.385 e. The van der Waals surface area contributed by atoms with Crippen LogP contribution >= 0.6 is 31.9 Å². The number of nitrogens with zero attached hydrogens (tertiary/aromatic N) is 1. The van der Waals surface area contributed by atoms with Gasteiger partial charge in [-0.3, -0.25) is 10.1 Å². The number of sulfone groups is 1. The lowest BCUT2D eigenvalue weighted by atomic mass is 10.1. The van der Waals surface area contributed by atoms with Gasteiger partial charge in [-0.05, 0) is 5.56 Å². The molecule has 0 bridgehead atoms. The van der Waals surface area contributed by atoms with E-state index < -0.39 is 23.4 Å². The van der Waals surface area contributed by atoms with Crippen molar-refractivity contribution in [1.82, 2.24) is 0 Å². The Bertz CT molecular complexity index is 587. The number of halogens is 2. The van der Waals surface area contributed by atoms with Crippen LogP contribution in [0, 0.1) is 10.1 Å². The SMILES string of the molecule is CCS(=O)(=O)C(Br)(Br)C(O)c1cccc([N+](=O)[O-])c1. The van der Waals surface area contributed by atoms with Crippen molar-refractivity contribution < 1.29 is 18.4 Å². The molecule has 0 fully saturated rings. The van der Waals surface area contributed by atoms with Gasteiger partial charge in [0.2, 0.25) is 2.57 Å². The molecule has 0 heterocycles. The van der Waals surface area contributed by atoms with E-state index in [-0.39, 0.29) is 17.0 Å². The predicted octanol–water partition coefficient (Wildman–Crippen LogP) is 2.51. The van der Waals surface area contributed by atoms with Crippen LogP contribution in [0.2, 0.25) is 0 Å². The molecule has 0 spiro atoms. The summed E-state index contributed by atoms with van der Waals surface area (Å²) in [6.45, 7) is 1.44. The molecule has 9 heteroatoms. The number of non-ortho nitro benzene ring substituents is 1. The first-order valence-corrected chi connectivity index (χ1v) is 8.40. The standard InChI is InChI=1S/C10H11Br2NO5S/c1-2-19(17,18)10(11,12)9(14)7-4-3-5-8(6-7)13(15)16/h3-6,9,14H,2H2,1H3. The van der Waals surface area contributed by atoms with Crippen LogP contribution in [-0.2, 0) is 9.84 Å². The number of benzene rings is 1. The van der Waals surface area contributed by atoms with Gasteiger partial charge in [0.25, 0.3) is 5.69 Å². The van der Waals surface area contributed by atoms with Crippen molar-refractivity contribution in [2.45, 2.75) is 15.6 Å². The van der Waals surface area contributed by atoms with Crippen LogP contribution in [0.3, 0.4) is 0 Å². The van der Waals surface area contributed by atoms with Crippen LogP contribution in [0.5, 0.6) is 0 Å². The Hall–Kier alpha value is -0.510. The highest BCUT2D eigenvalue weighted by molar-refractivity contribution is 9.28. The van der Waals surface area contributed by atoms with Gasteiger partial charge in [0.15, 0.2) is 9.84 Å². The van der Waals surface area contributed by atoms with E-state index in [4.69, 9.17) is 0 Å². The summed E-state index contributed by atoms with van der Waals surface area (Å²) in [7, 11) is -3.66. The Labute approximate surface area is 127 Å². The lowest BCUT2D eigenvalue weighted by Gasteiger charge is -2.26. The number of aliphatic hydroxyl groups is 1. The van der Waals surface area contributed by atoms with E-state index in [1.807, 2.05) is 0 Å². The van der Waals surface area contributed by atoms with Crippen LogP contribution in [-0.4, -0.2) is 26.8 Å². The van der Waals surface area contributed by atoms with E-state index in [1.54, 1.807) is 0 Å². The molecule has 106 valence electrons. The fourth-order valence-electron chi connectivity index (χ4n) is 1.36. The molecule has 1 rings (SSSR count). The highest BCUT2D eigenvalue weighted by Gasteiger charge is 2.45. The molecule has 1 N–H and O–H groups in total. The lowest BCUT2D eigenvalue weighted by Crippen LogP contribution is -2.33. The zero-order chi connectivity index (χ0) is 14.8. The quantitative estimate of drug-likeness (QED) is 0.451. The monoisotopic (exact) mass is 415 g/mol. The van der Waals surface area contributed by atoms with E-state index >= 15 is 0 Å². The van der Waals surface area contributed by atoms with Crippen LogP contribution in [0.15, 0.2) is 24.3 Å². The molecule has 6 nitrogen and oxygen atoms in total. The minimum atomic E-state index is -3.66. The topological polar surface area (TPSA) is 97.5 Å². The van der Waals surface area contributed by atoms with Crippen molar-refractivity contribution in [1.29, 1.82) is 0 Å². The van der Waals surface area contributed by atoms with Gasteiger partial charge in [-0.15, -0.1) is 0 Å². The molecular weight excluding hydrogens is 406 g/mol. The summed E-state index contributed by atoms with van der Waals surface area (Å²) in [6.07, 6.45) is -1.49. The smallest absolute Gasteiger partial charge is 0.269 e. The lowest BCUT2D eigenvalue weighted by molar-refractivity contribution is -0.385. The van der Waals surface area contributed by atoms with Crippen LogP contribution in [0.1, 0.15) is 18.6 Å². The van der Waals surface area contributed by atoms with E-state index in [1.165, 1.54) is 25.1 Å². The van der Waals surface area contributed by atoms with Crippen LogP contribution in [0.4, 0.5) is 5.69 Å². The first-order chi connectivity index (χ1) is 8.63. The Morgan fingerprint density at radius 3 is 2.53 bits per heavy atom. The summed E-state index contributed by atoms with van der Waals surface area (Å²) >= 11 is 5.87. The van der Waals surface area contributed by atoms with Crippen molar-refractivity contribution in [3.8, 4) is 0 Å². The van der Waals surface area contributed by atoms with Crippen molar-refractivity contribution in [2.75, 3.05) is 5.75 Å². The van der Waals surface area contributed by atoms with E-state index in [0.29, 0.717) is 0 Å². The van der Waals surface area contributed by atoms with Crippen LogP contribution in [0.25, 0.3) is 0 Å². The Morgan fingerprint density at radius 1 is 1.47 bits per heavy atom. The third-order valence-electron chi connectivity index (χ3n) is 2.51. The molecule has 0 saturated carbocycles. The number of alkyl halides is 2. The third-order valence-corrected chi connectivity index (χ3v) is 8.15. The normalized spacial score (nSPS) is 14.1. The number of nitro benzene ring substituents is 1. The second-order valence-electron chi connectivity index (χ2n) is 3.72. The summed E-state index contributed by atoms with van der Waals surface area (Å²) in [4.78, 5) is 10.0. The average Bonchev–Trinajstić information content (AvgIpc) is 2.37. The zero-order valence-electron chi connectivity index (χ0n) is 9.79. The summed E-state index contributed by atoms with van der Waals surface area (Å²) in [5, 5.41) is 20.8. The van der Waals surface area contributed by atoms with E-state index in [0.717, 1.165) is 6.07 Å². The van der Waals surface area contributed by atoms with Crippen molar-refractivity contribution >= 4 is 47.4 Å². The van der Waals surface area contributed by atoms with Crippen LogP contribution < -0.4 is 0 Å². The number of rotatable bonds is 5. The number of aliphatic hydroxyl groups excluding tert-OH is 1. The maximum Gasteiger partial charge on any atom is 0.269 e. The number of nitro groups is 1. The summed E-state index contributed by atoms with van der Waals surface area (Å²) < 4.78 is 22.0. The second kappa shape index (κ2) is 5.86. The van der Waals surface area contributed by atoms with Gasteiger partial charge < -0.3 is 5.11 Å². The molecule has 1 unspecified atom stereocenters. The predicted molar refractivity (Wildman–Crippen MR) is 78.1 cm³/mol. The van der Waals surface area contributed by atoms with Gasteiger partial charge in [0, 0.05) is 17.9 Å². The molecule has 0 aromatic heterocycles. The molecule has 0 radical (unpaired) electrons. The first kappa shape index (κ1) is 16.5. The molecule has 1 aromatic carbocycles. The van der Waals surface area contributed by atoms with E-state index in [2.05, 4.69) is 31.9 Å². The van der Waals surface area contributed by atoms with Gasteiger partial charge in [0.05, 0.1) is 4.92 Å². The molecule has 1 atom stereocenters. The fraction of sp³-hybridized carbons (Fsp3) is 0.400. The van der Waals surface area contributed by atoms with Gasteiger partial charge in [0.1, 0.15) is 6.10 Å². The fourth-order valence-corrected chi connectivity index (χ4v) is 4.13. The van der Waals surface area contributed by atoms with Crippen molar-refractivity contribution in [3.63, 3.8) is 0 Å².